The van der Waals surface area contributed by atoms with E-state index in [0.717, 1.165) is 12.8 Å². The molecule has 0 aromatic carbocycles. The Bertz CT molecular complexity index is 277. The molecule has 0 bridgehead atoms. The first-order valence-electron chi connectivity index (χ1n) is 7.68. The highest BCUT2D eigenvalue weighted by Crippen LogP contribution is 2.21. The summed E-state index contributed by atoms with van der Waals surface area (Å²) in [5, 5.41) is 9.84. The smallest absolute Gasteiger partial charge is 0.217 e. The van der Waals surface area contributed by atoms with E-state index in [9.17, 15) is 9.90 Å². The predicted octanol–water partition coefficient (Wildman–Crippen LogP) is 3.00. The molecule has 0 aliphatic heterocycles. The molecule has 0 heterocycles. The lowest BCUT2D eigenvalue weighted by Crippen LogP contribution is -2.23. The molecule has 0 aromatic rings. The third-order valence-electron chi connectivity index (χ3n) is 3.11. The van der Waals surface area contributed by atoms with Crippen molar-refractivity contribution in [3.63, 3.8) is 0 Å². The summed E-state index contributed by atoms with van der Waals surface area (Å²) in [5.74, 6) is 0.245. The molecule has 0 saturated heterocycles. The van der Waals surface area contributed by atoms with Crippen LogP contribution in [0.4, 0.5) is 0 Å². The predicted molar refractivity (Wildman–Crippen MR) is 82.0 cm³/mol. The second kappa shape index (κ2) is 11.9. The summed E-state index contributed by atoms with van der Waals surface area (Å²) in [6, 6.07) is 0. The van der Waals surface area contributed by atoms with Gasteiger partial charge in [0.25, 0.3) is 0 Å². The van der Waals surface area contributed by atoms with Crippen molar-refractivity contribution in [1.82, 2.24) is 0 Å². The number of aliphatic hydroxyl groups excluding tert-OH is 1. The van der Waals surface area contributed by atoms with E-state index in [4.69, 9.17) is 10.5 Å². The van der Waals surface area contributed by atoms with Gasteiger partial charge in [-0.25, -0.2) is 0 Å². The molecule has 0 aliphatic rings. The Labute approximate surface area is 123 Å². The zero-order valence-corrected chi connectivity index (χ0v) is 13.2. The van der Waals surface area contributed by atoms with Crippen LogP contribution in [0, 0.1) is 11.8 Å². The number of allylic oxidation sites excluding steroid dienone is 1. The lowest BCUT2D eigenvalue weighted by atomic mass is 9.91. The Kier molecular flexibility index (Phi) is 11.4. The second-order valence-corrected chi connectivity index (χ2v) is 5.80. The van der Waals surface area contributed by atoms with Crippen LogP contribution in [-0.4, -0.2) is 23.9 Å². The Hall–Kier alpha value is -0.870. The number of amides is 1. The van der Waals surface area contributed by atoms with Gasteiger partial charge in [-0.2, -0.15) is 0 Å². The number of primary amides is 1. The number of carbonyl (C=O) groups excluding carboxylic acids is 1. The lowest BCUT2D eigenvalue weighted by molar-refractivity contribution is -0.122. The highest BCUT2D eigenvalue weighted by molar-refractivity contribution is 5.73. The molecule has 4 nitrogen and oxygen atoms in total. The van der Waals surface area contributed by atoms with E-state index in [1.165, 1.54) is 12.8 Å². The monoisotopic (exact) mass is 285 g/mol. The molecule has 1 unspecified atom stereocenters. The average molecular weight is 285 g/mol. The van der Waals surface area contributed by atoms with E-state index in [1.54, 1.807) is 0 Å². The van der Waals surface area contributed by atoms with Crippen molar-refractivity contribution in [3.05, 3.63) is 12.2 Å². The minimum atomic E-state index is -0.825. The number of carbonyl (C=O) groups is 1. The standard InChI is InChI=1S/C16H31NO3/c1-4-5-6-7-8-9-20-16(19)12-14(10-13(2)3)11-15(17)18/h7-8,13-14,16,19H,4-6,9-12H2,1-3H3,(H2,17,18)/b8-7-/t14-,16?/m0/s1. The first-order chi connectivity index (χ1) is 9.45. The summed E-state index contributed by atoms with van der Waals surface area (Å²) in [6.07, 6.45) is 8.23. The van der Waals surface area contributed by atoms with Gasteiger partial charge in [0.1, 0.15) is 0 Å². The van der Waals surface area contributed by atoms with E-state index >= 15 is 0 Å². The van der Waals surface area contributed by atoms with Crippen molar-refractivity contribution in [2.24, 2.45) is 17.6 Å². The molecule has 118 valence electrons. The number of rotatable bonds is 12. The maximum absolute atomic E-state index is 11.0. The Morgan fingerprint density at radius 2 is 2.00 bits per heavy atom. The first kappa shape index (κ1) is 19.1. The fourth-order valence-corrected chi connectivity index (χ4v) is 2.24. The van der Waals surface area contributed by atoms with Crippen molar-refractivity contribution in [2.45, 2.75) is 65.6 Å². The van der Waals surface area contributed by atoms with Crippen molar-refractivity contribution < 1.29 is 14.6 Å². The van der Waals surface area contributed by atoms with Crippen LogP contribution in [0.3, 0.4) is 0 Å². The quantitative estimate of drug-likeness (QED) is 0.329. The molecule has 2 atom stereocenters. The van der Waals surface area contributed by atoms with Crippen LogP contribution >= 0.6 is 0 Å². The molecule has 4 heteroatoms. The van der Waals surface area contributed by atoms with Crippen molar-refractivity contribution in [1.29, 1.82) is 0 Å². The highest BCUT2D eigenvalue weighted by atomic mass is 16.6. The van der Waals surface area contributed by atoms with Gasteiger partial charge >= 0.3 is 0 Å². The van der Waals surface area contributed by atoms with Crippen LogP contribution in [0.25, 0.3) is 0 Å². The number of hydrogen-bond acceptors (Lipinski definition) is 3. The summed E-state index contributed by atoms with van der Waals surface area (Å²) < 4.78 is 5.33. The molecule has 0 fully saturated rings. The van der Waals surface area contributed by atoms with E-state index in [2.05, 4.69) is 26.8 Å². The minimum absolute atomic E-state index is 0.0894. The third-order valence-corrected chi connectivity index (χ3v) is 3.11. The van der Waals surface area contributed by atoms with Gasteiger partial charge in [-0.15, -0.1) is 0 Å². The lowest BCUT2D eigenvalue weighted by Gasteiger charge is -2.20. The van der Waals surface area contributed by atoms with E-state index in [-0.39, 0.29) is 11.8 Å². The molecule has 0 aromatic heterocycles. The normalized spacial score (nSPS) is 14.8. The molecular weight excluding hydrogens is 254 g/mol. The molecule has 1 amide bonds. The van der Waals surface area contributed by atoms with Gasteiger partial charge in [-0.1, -0.05) is 45.8 Å². The van der Waals surface area contributed by atoms with Crippen LogP contribution < -0.4 is 5.73 Å². The van der Waals surface area contributed by atoms with Crippen molar-refractivity contribution >= 4 is 5.91 Å². The third kappa shape index (κ3) is 12.2. The topological polar surface area (TPSA) is 72.6 Å². The molecule has 0 spiro atoms. The van der Waals surface area contributed by atoms with Crippen LogP contribution in [0.15, 0.2) is 12.2 Å². The van der Waals surface area contributed by atoms with Crippen LogP contribution in [-0.2, 0) is 9.53 Å². The summed E-state index contributed by atoms with van der Waals surface area (Å²) in [7, 11) is 0. The van der Waals surface area contributed by atoms with Gasteiger partial charge in [0, 0.05) is 12.8 Å². The number of unbranched alkanes of at least 4 members (excludes halogenated alkanes) is 2. The second-order valence-electron chi connectivity index (χ2n) is 5.80. The number of hydrogen-bond donors (Lipinski definition) is 2. The van der Waals surface area contributed by atoms with Crippen LogP contribution in [0.1, 0.15) is 59.3 Å². The molecule has 0 rings (SSSR count). The Balaban J connectivity index is 3.96. The highest BCUT2D eigenvalue weighted by Gasteiger charge is 2.18. The van der Waals surface area contributed by atoms with Gasteiger partial charge in [0.05, 0.1) is 6.61 Å². The molecule has 0 saturated carbocycles. The van der Waals surface area contributed by atoms with Gasteiger partial charge in [-0.3, -0.25) is 4.79 Å². The van der Waals surface area contributed by atoms with Gasteiger partial charge in [0.15, 0.2) is 6.29 Å². The zero-order chi connectivity index (χ0) is 15.4. The number of aliphatic hydroxyl groups is 1. The van der Waals surface area contributed by atoms with Gasteiger partial charge in [0.2, 0.25) is 5.91 Å². The molecule has 0 radical (unpaired) electrons. The summed E-state index contributed by atoms with van der Waals surface area (Å²) in [5.41, 5.74) is 5.24. The molecular formula is C16H31NO3. The average Bonchev–Trinajstić information content (AvgIpc) is 2.31. The maximum atomic E-state index is 11.0. The van der Waals surface area contributed by atoms with Crippen LogP contribution in [0.2, 0.25) is 0 Å². The summed E-state index contributed by atoms with van der Waals surface area (Å²) in [6.45, 7) is 6.76. The fourth-order valence-electron chi connectivity index (χ4n) is 2.24. The minimum Gasteiger partial charge on any atom is -0.370 e. The fraction of sp³-hybridized carbons (Fsp3) is 0.812. The van der Waals surface area contributed by atoms with E-state index < -0.39 is 6.29 Å². The zero-order valence-electron chi connectivity index (χ0n) is 13.2. The molecule has 20 heavy (non-hydrogen) atoms. The number of ether oxygens (including phenoxy) is 1. The molecule has 0 aliphatic carbocycles. The summed E-state index contributed by atoms with van der Waals surface area (Å²) in [4.78, 5) is 11.0. The van der Waals surface area contributed by atoms with Crippen molar-refractivity contribution in [3.8, 4) is 0 Å². The number of nitrogens with two attached hydrogens (primary N) is 1. The molecule has 3 N–H and O–H groups in total. The SMILES string of the molecule is CCCC/C=C\COC(O)C[C@H](CC(N)=O)CC(C)C. The Morgan fingerprint density at radius 3 is 2.55 bits per heavy atom. The summed E-state index contributed by atoms with van der Waals surface area (Å²) >= 11 is 0. The largest absolute Gasteiger partial charge is 0.370 e. The Morgan fingerprint density at radius 1 is 1.30 bits per heavy atom. The van der Waals surface area contributed by atoms with Crippen LogP contribution in [0.5, 0.6) is 0 Å². The van der Waals surface area contributed by atoms with E-state index in [1.807, 2.05) is 6.08 Å². The maximum Gasteiger partial charge on any atom is 0.217 e. The van der Waals surface area contributed by atoms with E-state index in [0.29, 0.717) is 25.4 Å². The van der Waals surface area contributed by atoms with Crippen molar-refractivity contribution in [2.75, 3.05) is 6.61 Å². The van der Waals surface area contributed by atoms with Gasteiger partial charge < -0.3 is 15.6 Å². The van der Waals surface area contributed by atoms with Gasteiger partial charge in [-0.05, 0) is 24.7 Å². The first-order valence-corrected chi connectivity index (χ1v) is 7.68.